The minimum absolute atomic E-state index is 0.164. The van der Waals surface area contributed by atoms with Gasteiger partial charge in [-0.05, 0) is 6.92 Å². The molecule has 0 rings (SSSR count). The summed E-state index contributed by atoms with van der Waals surface area (Å²) in [7, 11) is 0. The fourth-order valence-electron chi connectivity index (χ4n) is 0.518. The van der Waals surface area contributed by atoms with Crippen LogP contribution in [-0.4, -0.2) is 24.8 Å². The number of rotatable bonds is 4. The van der Waals surface area contributed by atoms with Gasteiger partial charge in [0.25, 0.3) is 0 Å². The van der Waals surface area contributed by atoms with E-state index in [0.29, 0.717) is 0 Å². The summed E-state index contributed by atoms with van der Waals surface area (Å²) in [5.41, 5.74) is 0. The number of carbonyl (C=O) groups is 2. The lowest BCUT2D eigenvalue weighted by Crippen LogP contribution is -2.26. The van der Waals surface area contributed by atoms with Gasteiger partial charge in [-0.1, -0.05) is 12.5 Å². The van der Waals surface area contributed by atoms with Gasteiger partial charge >= 0.3 is 12.1 Å². The molecule has 0 aromatic carbocycles. The molecule has 0 saturated heterocycles. The molecule has 0 spiro atoms. The van der Waals surface area contributed by atoms with Crippen LogP contribution in [0.2, 0.25) is 0 Å². The number of hydrogen-bond acceptors (Lipinski definition) is 5. The van der Waals surface area contributed by atoms with Gasteiger partial charge in [0.15, 0.2) is 12.7 Å². The Bertz CT molecular complexity index is 263. The maximum absolute atomic E-state index is 11.0. The summed E-state index contributed by atoms with van der Waals surface area (Å²) in [5, 5.41) is 0. The maximum atomic E-state index is 11.0. The minimum atomic E-state index is -1.06. The number of ether oxygens (including phenoxy) is 3. The van der Waals surface area contributed by atoms with Crippen LogP contribution in [0.4, 0.5) is 4.79 Å². The predicted molar refractivity (Wildman–Crippen MR) is 47.0 cm³/mol. The lowest BCUT2D eigenvalue weighted by atomic mass is 10.4. The third-order valence-corrected chi connectivity index (χ3v) is 1.08. The van der Waals surface area contributed by atoms with Gasteiger partial charge in [0.05, 0.1) is 6.26 Å². The predicted octanol–water partition coefficient (Wildman–Crippen LogP) is 0.848. The zero-order valence-corrected chi connectivity index (χ0v) is 7.69. The topological polar surface area (TPSA) is 61.8 Å². The van der Waals surface area contributed by atoms with Gasteiger partial charge in [0.2, 0.25) is 0 Å². The highest BCUT2D eigenvalue weighted by molar-refractivity contribution is 5.77. The van der Waals surface area contributed by atoms with E-state index in [1.54, 1.807) is 0 Å². The highest BCUT2D eigenvalue weighted by Crippen LogP contribution is 1.97. The van der Waals surface area contributed by atoms with Crippen LogP contribution in [0.1, 0.15) is 6.92 Å². The van der Waals surface area contributed by atoms with E-state index in [-0.39, 0.29) is 6.61 Å². The number of esters is 1. The monoisotopic (exact) mass is 198 g/mol. The van der Waals surface area contributed by atoms with Crippen molar-refractivity contribution < 1.29 is 23.8 Å². The highest BCUT2D eigenvalue weighted by atomic mass is 16.7. The SMILES string of the molecule is C#CCOC(=O)C(C)OC(=O)OC=C. The first-order valence-corrected chi connectivity index (χ1v) is 3.70. The van der Waals surface area contributed by atoms with E-state index in [0.717, 1.165) is 6.26 Å². The molecule has 0 saturated carbocycles. The summed E-state index contributed by atoms with van der Waals surface area (Å²) >= 11 is 0. The second kappa shape index (κ2) is 6.54. The Hall–Kier alpha value is -1.96. The van der Waals surface area contributed by atoms with E-state index in [9.17, 15) is 9.59 Å². The average Bonchev–Trinajstić information content (AvgIpc) is 2.14. The van der Waals surface area contributed by atoms with Crippen molar-refractivity contribution in [3.8, 4) is 12.3 Å². The zero-order chi connectivity index (χ0) is 11.0. The summed E-state index contributed by atoms with van der Waals surface area (Å²) in [5.74, 6) is 1.37. The Morgan fingerprint density at radius 1 is 1.64 bits per heavy atom. The van der Waals surface area contributed by atoms with Gasteiger partial charge in [0.1, 0.15) is 0 Å². The van der Waals surface area contributed by atoms with E-state index in [1.807, 2.05) is 0 Å². The highest BCUT2D eigenvalue weighted by Gasteiger charge is 2.19. The molecule has 5 heteroatoms. The van der Waals surface area contributed by atoms with E-state index >= 15 is 0 Å². The quantitative estimate of drug-likeness (QED) is 0.380. The zero-order valence-electron chi connectivity index (χ0n) is 7.69. The lowest BCUT2D eigenvalue weighted by Gasteiger charge is -2.09. The van der Waals surface area contributed by atoms with Gasteiger partial charge in [-0.3, -0.25) is 0 Å². The van der Waals surface area contributed by atoms with Gasteiger partial charge in [-0.25, -0.2) is 9.59 Å². The smallest absolute Gasteiger partial charge is 0.450 e. The largest absolute Gasteiger partial charge is 0.514 e. The molecule has 0 aliphatic carbocycles. The van der Waals surface area contributed by atoms with E-state index in [1.165, 1.54) is 6.92 Å². The van der Waals surface area contributed by atoms with Crippen molar-refractivity contribution in [1.29, 1.82) is 0 Å². The second-order valence-electron chi connectivity index (χ2n) is 2.11. The number of terminal acetylenes is 1. The van der Waals surface area contributed by atoms with Crippen LogP contribution in [0.25, 0.3) is 0 Å². The molecule has 0 radical (unpaired) electrons. The van der Waals surface area contributed by atoms with Crippen molar-refractivity contribution in [2.45, 2.75) is 13.0 Å². The molecule has 0 heterocycles. The molecule has 0 aliphatic heterocycles. The van der Waals surface area contributed by atoms with Crippen LogP contribution in [-0.2, 0) is 19.0 Å². The Morgan fingerprint density at radius 2 is 2.29 bits per heavy atom. The van der Waals surface area contributed by atoms with Crippen molar-refractivity contribution in [2.75, 3.05) is 6.61 Å². The van der Waals surface area contributed by atoms with Crippen molar-refractivity contribution in [1.82, 2.24) is 0 Å². The number of carbonyl (C=O) groups excluding carboxylic acids is 2. The Kier molecular flexibility index (Phi) is 5.63. The van der Waals surface area contributed by atoms with E-state index in [2.05, 4.69) is 26.7 Å². The lowest BCUT2D eigenvalue weighted by molar-refractivity contribution is -0.152. The van der Waals surface area contributed by atoms with Crippen LogP contribution < -0.4 is 0 Å². The normalized spacial score (nSPS) is 10.6. The van der Waals surface area contributed by atoms with Gasteiger partial charge in [-0.2, -0.15) is 0 Å². The van der Waals surface area contributed by atoms with Crippen LogP contribution in [0.15, 0.2) is 12.8 Å². The van der Waals surface area contributed by atoms with Crippen LogP contribution in [0.5, 0.6) is 0 Å². The van der Waals surface area contributed by atoms with E-state index in [4.69, 9.17) is 6.42 Å². The summed E-state index contributed by atoms with van der Waals surface area (Å²) < 4.78 is 13.2. The molecule has 0 aliphatic rings. The summed E-state index contributed by atoms with van der Waals surface area (Å²) in [6.07, 6.45) is 3.66. The first-order valence-electron chi connectivity index (χ1n) is 3.70. The third-order valence-electron chi connectivity index (χ3n) is 1.08. The summed E-state index contributed by atoms with van der Waals surface area (Å²) in [4.78, 5) is 21.6. The molecule has 76 valence electrons. The molecule has 1 atom stereocenters. The minimum Gasteiger partial charge on any atom is -0.450 e. The molecule has 0 aromatic heterocycles. The van der Waals surface area contributed by atoms with Crippen molar-refractivity contribution in [2.24, 2.45) is 0 Å². The van der Waals surface area contributed by atoms with Gasteiger partial charge in [0, 0.05) is 0 Å². The van der Waals surface area contributed by atoms with Gasteiger partial charge < -0.3 is 14.2 Å². The molecule has 0 fully saturated rings. The molecule has 14 heavy (non-hydrogen) atoms. The molecule has 0 aromatic rings. The summed E-state index contributed by atoms with van der Waals surface area (Å²) in [6.45, 7) is 4.31. The standard InChI is InChI=1S/C9H10O5/c1-4-6-13-8(10)7(3)14-9(11)12-5-2/h1,5,7H,2,6H2,3H3. The maximum Gasteiger partial charge on any atom is 0.514 e. The Labute approximate surface area is 81.6 Å². The van der Waals surface area contributed by atoms with Gasteiger partial charge in [-0.15, -0.1) is 6.42 Å². The molecule has 0 N–H and O–H groups in total. The van der Waals surface area contributed by atoms with Crippen LogP contribution in [0.3, 0.4) is 0 Å². The number of hydrogen-bond donors (Lipinski definition) is 0. The Morgan fingerprint density at radius 3 is 2.79 bits per heavy atom. The second-order valence-corrected chi connectivity index (χ2v) is 2.11. The summed E-state index contributed by atoms with van der Waals surface area (Å²) in [6, 6.07) is 0. The molecular formula is C9H10O5. The Balaban J connectivity index is 3.89. The van der Waals surface area contributed by atoms with E-state index < -0.39 is 18.2 Å². The first-order chi connectivity index (χ1) is 6.61. The van der Waals surface area contributed by atoms with Crippen molar-refractivity contribution in [3.05, 3.63) is 12.8 Å². The fourth-order valence-corrected chi connectivity index (χ4v) is 0.518. The molecule has 0 bridgehead atoms. The van der Waals surface area contributed by atoms with Crippen LogP contribution >= 0.6 is 0 Å². The third kappa shape index (κ3) is 4.83. The average molecular weight is 198 g/mol. The van der Waals surface area contributed by atoms with Crippen LogP contribution in [0, 0.1) is 12.3 Å². The fraction of sp³-hybridized carbons (Fsp3) is 0.333. The molecule has 1 unspecified atom stereocenters. The van der Waals surface area contributed by atoms with Crippen molar-refractivity contribution >= 4 is 12.1 Å². The first kappa shape index (κ1) is 12.0. The molecular weight excluding hydrogens is 188 g/mol. The molecule has 0 amide bonds. The molecule has 5 nitrogen and oxygen atoms in total. The van der Waals surface area contributed by atoms with Crippen molar-refractivity contribution in [3.63, 3.8) is 0 Å².